The van der Waals surface area contributed by atoms with Gasteiger partial charge in [0.25, 0.3) is 0 Å². The number of hydrogen-bond acceptors (Lipinski definition) is 12. The highest BCUT2D eigenvalue weighted by Crippen LogP contribution is 2.57. The van der Waals surface area contributed by atoms with E-state index in [1.54, 1.807) is 28.6 Å². The maximum atomic E-state index is 14.1. The molecule has 14 nitrogen and oxygen atoms in total. The minimum Gasteiger partial charge on any atom is -0.481 e. The largest absolute Gasteiger partial charge is 0.481 e. The Morgan fingerprint density at radius 3 is 2.09 bits per heavy atom. The van der Waals surface area contributed by atoms with E-state index in [2.05, 4.69) is 51.8 Å². The third-order valence-electron chi connectivity index (χ3n) is 10.1. The van der Waals surface area contributed by atoms with Gasteiger partial charge in [-0.1, -0.05) is 34.4 Å². The lowest BCUT2D eigenvalue weighted by molar-refractivity contribution is -0.143. The van der Waals surface area contributed by atoms with E-state index >= 15 is 0 Å². The van der Waals surface area contributed by atoms with Crippen LogP contribution in [0.2, 0.25) is 0 Å². The van der Waals surface area contributed by atoms with Crippen molar-refractivity contribution in [2.45, 2.75) is 112 Å². The van der Waals surface area contributed by atoms with Gasteiger partial charge in [-0.25, -0.2) is 0 Å². The predicted molar refractivity (Wildman–Crippen MR) is 224 cm³/mol. The molecule has 0 spiro atoms. The first kappa shape index (κ1) is 48.3. The Bertz CT molecular complexity index is 1190. The molecular formula is C36H65N7O7S4. The molecule has 1 aliphatic carbocycles. The summed E-state index contributed by atoms with van der Waals surface area (Å²) in [5, 5.41) is 24.8. The third kappa shape index (κ3) is 17.5. The molecule has 18 heteroatoms. The second kappa shape index (κ2) is 27.7. The van der Waals surface area contributed by atoms with E-state index in [9.17, 15) is 33.9 Å². The second-order valence-electron chi connectivity index (χ2n) is 14.3. The van der Waals surface area contributed by atoms with Gasteiger partial charge in [0.05, 0.1) is 12.3 Å². The molecule has 0 aromatic rings. The van der Waals surface area contributed by atoms with Gasteiger partial charge in [0.1, 0.15) is 12.1 Å². The SMILES string of the molecule is CNCCNC(=O)[C@H](CC(=O)NCC1CC(C(=O)O)CC2SSC2C1CN)N(C)C(=O)[C@H](CCCCNC(=O)CCCCCS)NC(=O)CCCCCS. The summed E-state index contributed by atoms with van der Waals surface area (Å²) in [6.07, 6.45) is 7.82. The molecule has 2 aliphatic rings. The van der Waals surface area contributed by atoms with Gasteiger partial charge in [-0.3, -0.25) is 28.8 Å². The lowest BCUT2D eigenvalue weighted by atomic mass is 9.85. The van der Waals surface area contributed by atoms with Crippen LogP contribution >= 0.6 is 46.8 Å². The van der Waals surface area contributed by atoms with Crippen molar-refractivity contribution >= 4 is 82.4 Å². The number of hydrogen-bond donors (Lipinski definition) is 9. The number of rotatable bonds is 28. The van der Waals surface area contributed by atoms with Crippen LogP contribution in [0, 0.1) is 17.8 Å². The van der Waals surface area contributed by atoms with E-state index in [1.807, 2.05) is 0 Å². The number of nitrogens with one attached hydrogen (secondary N) is 5. The number of unbranched alkanes of at least 4 members (excludes halogenated alkanes) is 5. The highest BCUT2D eigenvalue weighted by molar-refractivity contribution is 8.80. The molecule has 0 aromatic carbocycles. The number of carbonyl (C=O) groups excluding carboxylic acids is 5. The fourth-order valence-electron chi connectivity index (χ4n) is 6.85. The number of thiol groups is 2. The van der Waals surface area contributed by atoms with Crippen LogP contribution in [0.25, 0.3) is 0 Å². The number of carboxylic acid groups (broad SMARTS) is 1. The smallest absolute Gasteiger partial charge is 0.306 e. The number of nitrogens with zero attached hydrogens (tertiary/aromatic N) is 1. The molecule has 1 saturated heterocycles. The zero-order valence-corrected chi connectivity index (χ0v) is 35.4. The normalized spacial score (nSPS) is 21.7. The average molecular weight is 836 g/mol. The first-order valence-corrected chi connectivity index (χ1v) is 23.0. The molecule has 8 N–H and O–H groups in total. The van der Waals surface area contributed by atoms with Crippen LogP contribution in [0.15, 0.2) is 0 Å². The Kier molecular flexibility index (Phi) is 24.8. The Morgan fingerprint density at radius 1 is 0.815 bits per heavy atom. The van der Waals surface area contributed by atoms with Crippen LogP contribution in [0.3, 0.4) is 0 Å². The van der Waals surface area contributed by atoms with Crippen molar-refractivity contribution in [2.24, 2.45) is 23.5 Å². The standard InChI is InChI=1S/C36H65N7O7S4/c1-38-15-16-40-34(47)28(21-32(46)41-23-25-19-24(36(49)50)20-29-33(54-53-29)26(25)22-37)43(2)35(48)27(42-31(45)13-6-4-10-18-52)11-7-8-14-39-30(44)12-5-3-9-17-51/h24-29,33,38,51-52H,3-23,37H2,1-2H3,(H,39,44)(H,40,47)(H,41,46)(H,42,45)(H,49,50)/t24?,25?,26?,27-,28-,29?,33?/m0/s1. The summed E-state index contributed by atoms with van der Waals surface area (Å²) >= 11 is 8.43. The molecule has 5 amide bonds. The van der Waals surface area contributed by atoms with Crippen LogP contribution < -0.4 is 32.3 Å². The van der Waals surface area contributed by atoms with E-state index in [0.717, 1.165) is 43.6 Å². The molecule has 54 heavy (non-hydrogen) atoms. The van der Waals surface area contributed by atoms with Gasteiger partial charge in [0.2, 0.25) is 29.5 Å². The van der Waals surface area contributed by atoms with Crippen molar-refractivity contribution in [1.82, 2.24) is 31.5 Å². The number of carboxylic acids is 1. The van der Waals surface area contributed by atoms with E-state index in [-0.39, 0.29) is 66.5 Å². The fourth-order valence-corrected chi connectivity index (χ4v) is 10.7. The van der Waals surface area contributed by atoms with Crippen molar-refractivity contribution in [3.8, 4) is 0 Å². The first-order valence-electron chi connectivity index (χ1n) is 19.5. The molecule has 0 bridgehead atoms. The monoisotopic (exact) mass is 835 g/mol. The Hall–Kier alpha value is -1.86. The van der Waals surface area contributed by atoms with E-state index in [1.165, 1.54) is 11.9 Å². The fraction of sp³-hybridized carbons (Fsp3) is 0.833. The highest BCUT2D eigenvalue weighted by Gasteiger charge is 2.47. The van der Waals surface area contributed by atoms with Crippen LogP contribution in [0.4, 0.5) is 0 Å². The summed E-state index contributed by atoms with van der Waals surface area (Å²) in [4.78, 5) is 79.6. The topological polar surface area (TPSA) is 212 Å². The second-order valence-corrected chi connectivity index (χ2v) is 17.8. The van der Waals surface area contributed by atoms with Crippen LogP contribution in [-0.2, 0) is 28.8 Å². The van der Waals surface area contributed by atoms with Gasteiger partial charge in [0.15, 0.2) is 0 Å². The molecule has 1 saturated carbocycles. The summed E-state index contributed by atoms with van der Waals surface area (Å²) in [5.41, 5.74) is 6.18. The summed E-state index contributed by atoms with van der Waals surface area (Å²) in [7, 11) is 6.63. The summed E-state index contributed by atoms with van der Waals surface area (Å²) < 4.78 is 0. The van der Waals surface area contributed by atoms with E-state index in [4.69, 9.17) is 5.73 Å². The number of carbonyl (C=O) groups is 6. The molecule has 7 atom stereocenters. The number of nitrogens with two attached hydrogens (primary N) is 1. The summed E-state index contributed by atoms with van der Waals surface area (Å²) in [5.74, 6) is -1.71. The van der Waals surface area contributed by atoms with Crippen molar-refractivity contribution < 1.29 is 33.9 Å². The number of aliphatic carboxylic acids is 1. The maximum Gasteiger partial charge on any atom is 0.306 e. The molecule has 1 heterocycles. The quantitative estimate of drug-likeness (QED) is 0.0317. The minimum absolute atomic E-state index is 0.0224. The summed E-state index contributed by atoms with van der Waals surface area (Å²) in [6, 6.07) is -2.10. The predicted octanol–water partition coefficient (Wildman–Crippen LogP) is 2.22. The first-order chi connectivity index (χ1) is 26.0. The lowest BCUT2D eigenvalue weighted by Crippen LogP contribution is -2.56. The van der Waals surface area contributed by atoms with Crippen LogP contribution in [-0.4, -0.2) is 126 Å². The van der Waals surface area contributed by atoms with Crippen LogP contribution in [0.1, 0.15) is 89.9 Å². The lowest BCUT2D eigenvalue weighted by Gasteiger charge is -2.40. The Labute approximate surface area is 340 Å². The van der Waals surface area contributed by atoms with Gasteiger partial charge < -0.3 is 42.3 Å². The van der Waals surface area contributed by atoms with Gasteiger partial charge in [-0.05, 0) is 94.7 Å². The summed E-state index contributed by atoms with van der Waals surface area (Å²) in [6.45, 7) is 1.78. The molecule has 0 radical (unpaired) electrons. The molecule has 310 valence electrons. The van der Waals surface area contributed by atoms with E-state index in [0.29, 0.717) is 58.2 Å². The highest BCUT2D eigenvalue weighted by atomic mass is 33.1. The molecule has 1 aliphatic heterocycles. The minimum atomic E-state index is -1.17. The Balaban J connectivity index is 2.13. The molecule has 5 unspecified atom stereocenters. The average Bonchev–Trinajstić information content (AvgIpc) is 3.24. The van der Waals surface area contributed by atoms with Gasteiger partial charge in [0, 0.05) is 56.6 Å². The van der Waals surface area contributed by atoms with Gasteiger partial charge in [-0.15, -0.1) is 0 Å². The molecule has 0 aromatic heterocycles. The van der Waals surface area contributed by atoms with Gasteiger partial charge in [-0.2, -0.15) is 25.3 Å². The van der Waals surface area contributed by atoms with E-state index < -0.39 is 41.7 Å². The molecule has 2 fully saturated rings. The van der Waals surface area contributed by atoms with Gasteiger partial charge >= 0.3 is 5.97 Å². The molecular weight excluding hydrogens is 771 g/mol. The van der Waals surface area contributed by atoms with Crippen LogP contribution in [0.5, 0.6) is 0 Å². The zero-order chi connectivity index (χ0) is 39.9. The van der Waals surface area contributed by atoms with Crippen molar-refractivity contribution in [3.63, 3.8) is 0 Å². The maximum absolute atomic E-state index is 14.1. The number of amides is 5. The third-order valence-corrected chi connectivity index (χ3v) is 14.4. The number of likely N-dealkylation sites (N-methyl/N-ethyl adjacent to an activating group) is 2. The van der Waals surface area contributed by atoms with Crippen molar-refractivity contribution in [1.29, 1.82) is 0 Å². The Morgan fingerprint density at radius 2 is 1.50 bits per heavy atom. The van der Waals surface area contributed by atoms with Crippen molar-refractivity contribution in [2.75, 3.05) is 58.3 Å². The molecule has 2 rings (SSSR count). The zero-order valence-electron chi connectivity index (χ0n) is 32.0. The number of fused-ring (bicyclic) bond motifs is 1. The van der Waals surface area contributed by atoms with Crippen molar-refractivity contribution in [3.05, 3.63) is 0 Å².